The molecule has 0 bridgehead atoms. The molecule has 0 aliphatic carbocycles. The molecule has 2 N–H and O–H groups in total. The van der Waals surface area contributed by atoms with Crippen molar-refractivity contribution in [1.29, 1.82) is 0 Å². The number of rotatable bonds is 3. The number of nitrogens with two attached hydrogens (primary N) is 1. The number of carbonyl (C=O) groups excluding carboxylic acids is 1. The Balaban J connectivity index is 1.80. The van der Waals surface area contributed by atoms with E-state index in [2.05, 4.69) is 29.7 Å². The van der Waals surface area contributed by atoms with Crippen molar-refractivity contribution in [2.45, 2.75) is 31.8 Å². The molecule has 1 amide bonds. The first kappa shape index (κ1) is 15.9. The Bertz CT molecular complexity index is 815. The van der Waals surface area contributed by atoms with Gasteiger partial charge in [0, 0.05) is 12.2 Å². The Morgan fingerprint density at radius 1 is 1.12 bits per heavy atom. The third-order valence-electron chi connectivity index (χ3n) is 5.09. The molecule has 1 saturated heterocycles. The normalized spacial score (nSPS) is 20.1. The molecule has 4 heteroatoms. The number of amides is 1. The lowest BCUT2D eigenvalue weighted by Crippen LogP contribution is -2.49. The van der Waals surface area contributed by atoms with Gasteiger partial charge in [-0.05, 0) is 36.5 Å². The number of hydrogen-bond donors (Lipinski definition) is 1. The van der Waals surface area contributed by atoms with E-state index in [-0.39, 0.29) is 5.91 Å². The van der Waals surface area contributed by atoms with Crippen molar-refractivity contribution < 1.29 is 4.79 Å². The molecule has 2 aromatic carbocycles. The fraction of sp³-hybridized carbons (Fsp3) is 0.286. The molecule has 2 aliphatic rings. The van der Waals surface area contributed by atoms with Crippen molar-refractivity contribution >= 4 is 17.3 Å². The van der Waals surface area contributed by atoms with Crippen LogP contribution in [0, 0.1) is 0 Å². The van der Waals surface area contributed by atoms with E-state index in [1.54, 1.807) is 0 Å². The molecule has 128 valence electrons. The third-order valence-corrected chi connectivity index (χ3v) is 5.09. The molecule has 4 nitrogen and oxygen atoms in total. The number of anilines is 2. The monoisotopic (exact) mass is 333 g/mol. The second kappa shape index (κ2) is 6.37. The molecule has 2 aromatic rings. The Labute approximate surface area is 148 Å². The van der Waals surface area contributed by atoms with Gasteiger partial charge in [0.2, 0.25) is 5.91 Å². The zero-order chi connectivity index (χ0) is 17.4. The molecule has 0 radical (unpaired) electrons. The van der Waals surface area contributed by atoms with E-state index in [0.717, 1.165) is 47.6 Å². The number of allylic oxidation sites excluding steroid dienone is 1. The highest BCUT2D eigenvalue weighted by Gasteiger charge is 2.34. The van der Waals surface area contributed by atoms with Crippen LogP contribution >= 0.6 is 0 Å². The molecule has 1 fully saturated rings. The van der Waals surface area contributed by atoms with E-state index in [1.807, 2.05) is 35.2 Å². The Hall–Kier alpha value is -2.59. The first-order valence-corrected chi connectivity index (χ1v) is 8.83. The van der Waals surface area contributed by atoms with Crippen LogP contribution in [0.4, 0.5) is 11.4 Å². The zero-order valence-electron chi connectivity index (χ0n) is 14.3. The van der Waals surface area contributed by atoms with Crippen molar-refractivity contribution in [1.82, 2.24) is 0 Å². The summed E-state index contributed by atoms with van der Waals surface area (Å²) in [6.45, 7) is 5.69. The smallest absolute Gasteiger partial charge is 0.244 e. The number of carbonyl (C=O) groups is 1. The van der Waals surface area contributed by atoms with E-state index in [0.29, 0.717) is 13.0 Å². The lowest BCUT2D eigenvalue weighted by Gasteiger charge is -2.36. The van der Waals surface area contributed by atoms with Gasteiger partial charge < -0.3 is 15.5 Å². The largest absolute Gasteiger partial charge is 0.344 e. The van der Waals surface area contributed by atoms with Gasteiger partial charge in [-0.1, -0.05) is 49.0 Å². The van der Waals surface area contributed by atoms with Crippen LogP contribution in [0.15, 0.2) is 60.8 Å². The van der Waals surface area contributed by atoms with Gasteiger partial charge in [0.15, 0.2) is 0 Å². The van der Waals surface area contributed by atoms with Crippen molar-refractivity contribution in [2.75, 3.05) is 16.3 Å². The quantitative estimate of drug-likeness (QED) is 0.938. The van der Waals surface area contributed by atoms with Gasteiger partial charge in [0.1, 0.15) is 0 Å². The highest BCUT2D eigenvalue weighted by Crippen LogP contribution is 2.41. The van der Waals surface area contributed by atoms with E-state index in [4.69, 9.17) is 5.73 Å². The standard InChI is InChI=1S/C21H23N3O/c1-15-7-6-12-23(15)19-11-5-10-17-13-18(22)21(25)24(20(17)19)14-16-8-3-2-4-9-16/h2-5,8-11,18H,1,6-7,12-14,22H2. The van der Waals surface area contributed by atoms with Gasteiger partial charge in [0.05, 0.1) is 24.0 Å². The van der Waals surface area contributed by atoms with Gasteiger partial charge in [0.25, 0.3) is 0 Å². The molecule has 2 heterocycles. The highest BCUT2D eigenvalue weighted by molar-refractivity contribution is 6.03. The second-order valence-corrected chi connectivity index (χ2v) is 6.83. The van der Waals surface area contributed by atoms with Gasteiger partial charge in [-0.2, -0.15) is 0 Å². The van der Waals surface area contributed by atoms with Crippen LogP contribution in [-0.4, -0.2) is 18.5 Å². The number of para-hydroxylation sites is 1. The molecular weight excluding hydrogens is 310 g/mol. The van der Waals surface area contributed by atoms with Crippen LogP contribution in [0.1, 0.15) is 24.0 Å². The zero-order valence-corrected chi connectivity index (χ0v) is 14.3. The first-order valence-electron chi connectivity index (χ1n) is 8.83. The van der Waals surface area contributed by atoms with E-state index < -0.39 is 6.04 Å². The summed E-state index contributed by atoms with van der Waals surface area (Å²) in [4.78, 5) is 17.0. The topological polar surface area (TPSA) is 49.6 Å². The Kier molecular flexibility index (Phi) is 4.06. The SMILES string of the molecule is C=C1CCCN1c1cccc2c1N(Cc1ccccc1)C(=O)C(N)C2. The van der Waals surface area contributed by atoms with Crippen molar-refractivity contribution in [3.05, 3.63) is 71.9 Å². The first-order chi connectivity index (χ1) is 12.1. The molecule has 0 spiro atoms. The second-order valence-electron chi connectivity index (χ2n) is 6.83. The minimum absolute atomic E-state index is 0.00591. The van der Waals surface area contributed by atoms with Crippen LogP contribution in [0.5, 0.6) is 0 Å². The summed E-state index contributed by atoms with van der Waals surface area (Å²) in [5.41, 5.74) is 11.6. The van der Waals surface area contributed by atoms with Gasteiger partial charge >= 0.3 is 0 Å². The van der Waals surface area contributed by atoms with Crippen molar-refractivity contribution in [2.24, 2.45) is 5.73 Å². The maximum Gasteiger partial charge on any atom is 0.244 e. The van der Waals surface area contributed by atoms with Crippen LogP contribution in [0.3, 0.4) is 0 Å². The summed E-state index contributed by atoms with van der Waals surface area (Å²) in [5.74, 6) is -0.00591. The van der Waals surface area contributed by atoms with Crippen molar-refractivity contribution in [3.63, 3.8) is 0 Å². The molecule has 2 aliphatic heterocycles. The summed E-state index contributed by atoms with van der Waals surface area (Å²) in [6, 6.07) is 15.8. The minimum Gasteiger partial charge on any atom is -0.344 e. The number of nitrogens with zero attached hydrogens (tertiary/aromatic N) is 2. The van der Waals surface area contributed by atoms with E-state index in [9.17, 15) is 4.79 Å². The minimum atomic E-state index is -0.478. The number of benzene rings is 2. The van der Waals surface area contributed by atoms with Crippen molar-refractivity contribution in [3.8, 4) is 0 Å². The van der Waals surface area contributed by atoms with E-state index in [1.165, 1.54) is 0 Å². The maximum absolute atomic E-state index is 12.9. The highest BCUT2D eigenvalue weighted by atomic mass is 16.2. The average molecular weight is 333 g/mol. The Morgan fingerprint density at radius 2 is 1.92 bits per heavy atom. The summed E-state index contributed by atoms with van der Waals surface area (Å²) < 4.78 is 0. The molecule has 1 atom stereocenters. The molecule has 25 heavy (non-hydrogen) atoms. The van der Waals surface area contributed by atoms with E-state index >= 15 is 0 Å². The predicted molar refractivity (Wildman–Crippen MR) is 101 cm³/mol. The predicted octanol–water partition coefficient (Wildman–Crippen LogP) is 3.22. The molecular formula is C21H23N3O. The average Bonchev–Trinajstić information content (AvgIpc) is 3.05. The lowest BCUT2D eigenvalue weighted by atomic mass is 9.95. The number of hydrogen-bond acceptors (Lipinski definition) is 3. The summed E-state index contributed by atoms with van der Waals surface area (Å²) in [5, 5.41) is 0. The van der Waals surface area contributed by atoms with Gasteiger partial charge in [-0.25, -0.2) is 0 Å². The van der Waals surface area contributed by atoms with Crippen LogP contribution in [-0.2, 0) is 17.8 Å². The summed E-state index contributed by atoms with van der Waals surface area (Å²) in [6.07, 6.45) is 2.71. The number of fused-ring (bicyclic) bond motifs is 1. The summed E-state index contributed by atoms with van der Waals surface area (Å²) in [7, 11) is 0. The molecule has 0 saturated carbocycles. The molecule has 1 unspecified atom stereocenters. The third kappa shape index (κ3) is 2.83. The molecule has 4 rings (SSSR count). The summed E-state index contributed by atoms with van der Waals surface area (Å²) >= 11 is 0. The fourth-order valence-corrected chi connectivity index (χ4v) is 3.85. The van der Waals surface area contributed by atoms with Gasteiger partial charge in [-0.15, -0.1) is 0 Å². The van der Waals surface area contributed by atoms with Crippen LogP contribution in [0.2, 0.25) is 0 Å². The van der Waals surface area contributed by atoms with Crippen LogP contribution < -0.4 is 15.5 Å². The fourth-order valence-electron chi connectivity index (χ4n) is 3.85. The van der Waals surface area contributed by atoms with Crippen LogP contribution in [0.25, 0.3) is 0 Å². The van der Waals surface area contributed by atoms with Gasteiger partial charge in [-0.3, -0.25) is 4.79 Å². The Morgan fingerprint density at radius 3 is 2.64 bits per heavy atom. The lowest BCUT2D eigenvalue weighted by molar-refractivity contribution is -0.120. The maximum atomic E-state index is 12.9. The molecule has 0 aromatic heterocycles.